The summed E-state index contributed by atoms with van der Waals surface area (Å²) in [6, 6.07) is 0.588. The van der Waals surface area contributed by atoms with Crippen molar-refractivity contribution >= 4 is 0 Å². The first-order valence-corrected chi connectivity index (χ1v) is 5.03. The van der Waals surface area contributed by atoms with E-state index < -0.39 is 0 Å². The number of nitrogens with one attached hydrogen (secondary N) is 1. The highest BCUT2D eigenvalue weighted by Crippen LogP contribution is 2.04. The molecule has 70 valence electrons. The Bertz CT molecular complexity index is 136. The fraction of sp³-hybridized carbons (Fsp3) is 0.636. The third kappa shape index (κ3) is 5.00. The van der Waals surface area contributed by atoms with Crippen LogP contribution in [0, 0.1) is 0 Å². The van der Waals surface area contributed by atoms with Crippen molar-refractivity contribution in [2.24, 2.45) is 0 Å². The van der Waals surface area contributed by atoms with Gasteiger partial charge in [0.2, 0.25) is 0 Å². The molecule has 0 spiro atoms. The second kappa shape index (κ2) is 8.38. The molecule has 0 amide bonds. The van der Waals surface area contributed by atoms with Crippen LogP contribution >= 0.6 is 0 Å². The van der Waals surface area contributed by atoms with E-state index >= 15 is 0 Å². The summed E-state index contributed by atoms with van der Waals surface area (Å²) in [6.45, 7) is 6.22. The van der Waals surface area contributed by atoms with Crippen molar-refractivity contribution < 1.29 is 0 Å². The van der Waals surface area contributed by atoms with E-state index in [1.54, 1.807) is 0 Å². The molecule has 0 aromatic heterocycles. The van der Waals surface area contributed by atoms with Crippen LogP contribution in [-0.4, -0.2) is 6.04 Å². The van der Waals surface area contributed by atoms with Gasteiger partial charge in [-0.05, 0) is 18.7 Å². The minimum absolute atomic E-state index is 0.588. The maximum Gasteiger partial charge on any atom is 0.0441 e. The minimum Gasteiger partial charge on any atom is -0.385 e. The summed E-state index contributed by atoms with van der Waals surface area (Å²) in [4.78, 5) is 0. The monoisotopic (exact) mass is 167 g/mol. The van der Waals surface area contributed by atoms with Crippen LogP contribution in [0.2, 0.25) is 0 Å². The molecule has 1 heterocycles. The molecule has 0 aliphatic carbocycles. The average molecular weight is 167 g/mol. The lowest BCUT2D eigenvalue weighted by Gasteiger charge is -2.14. The van der Waals surface area contributed by atoms with Gasteiger partial charge in [-0.15, -0.1) is 0 Å². The normalized spacial score (nSPS) is 19.4. The second-order valence-electron chi connectivity index (χ2n) is 2.66. The predicted molar refractivity (Wildman–Crippen MR) is 56.1 cm³/mol. The minimum atomic E-state index is 0.588. The molecule has 0 saturated carbocycles. The van der Waals surface area contributed by atoms with Crippen molar-refractivity contribution in [1.29, 1.82) is 0 Å². The van der Waals surface area contributed by atoms with Gasteiger partial charge < -0.3 is 5.32 Å². The molecule has 0 radical (unpaired) electrons. The van der Waals surface area contributed by atoms with Crippen LogP contribution in [-0.2, 0) is 0 Å². The van der Waals surface area contributed by atoms with Gasteiger partial charge in [-0.2, -0.15) is 0 Å². The van der Waals surface area contributed by atoms with E-state index in [2.05, 4.69) is 24.4 Å². The molecule has 1 N–H and O–H groups in total. The summed E-state index contributed by atoms with van der Waals surface area (Å²) in [5.41, 5.74) is 0. The summed E-state index contributed by atoms with van der Waals surface area (Å²) in [6.07, 6.45) is 12.2. The molecule has 0 bridgehead atoms. The lowest BCUT2D eigenvalue weighted by atomic mass is 10.1. The van der Waals surface area contributed by atoms with E-state index in [0.717, 1.165) is 0 Å². The van der Waals surface area contributed by atoms with E-state index in [4.69, 9.17) is 0 Å². The Kier molecular flexibility index (Phi) is 7.87. The van der Waals surface area contributed by atoms with Crippen LogP contribution in [0.25, 0.3) is 0 Å². The first-order valence-electron chi connectivity index (χ1n) is 5.03. The number of rotatable bonds is 3. The highest BCUT2D eigenvalue weighted by Gasteiger charge is 2.01. The maximum absolute atomic E-state index is 3.29. The van der Waals surface area contributed by atoms with Gasteiger partial charge in [0.1, 0.15) is 0 Å². The number of hydrogen-bond acceptors (Lipinski definition) is 1. The van der Waals surface area contributed by atoms with Gasteiger partial charge in [-0.1, -0.05) is 45.8 Å². The van der Waals surface area contributed by atoms with Crippen molar-refractivity contribution in [3.8, 4) is 0 Å². The van der Waals surface area contributed by atoms with Crippen LogP contribution in [0.4, 0.5) is 0 Å². The summed E-state index contributed by atoms with van der Waals surface area (Å²) in [7, 11) is 0. The molecule has 1 rings (SSSR count). The highest BCUT2D eigenvalue weighted by atomic mass is 14.9. The topological polar surface area (TPSA) is 12.0 Å². The van der Waals surface area contributed by atoms with Crippen LogP contribution in [0.5, 0.6) is 0 Å². The molecule has 0 aromatic carbocycles. The molecule has 12 heavy (non-hydrogen) atoms. The Labute approximate surface area is 76.6 Å². The zero-order valence-electron chi connectivity index (χ0n) is 8.51. The van der Waals surface area contributed by atoms with Gasteiger partial charge in [0.05, 0.1) is 0 Å². The van der Waals surface area contributed by atoms with E-state index in [9.17, 15) is 0 Å². The zero-order chi connectivity index (χ0) is 9.23. The Hall–Kier alpha value is -0.720. The first kappa shape index (κ1) is 11.3. The summed E-state index contributed by atoms with van der Waals surface area (Å²) in [5, 5.41) is 3.29. The fourth-order valence-electron chi connectivity index (χ4n) is 1.09. The fourth-order valence-corrected chi connectivity index (χ4v) is 1.09. The summed E-state index contributed by atoms with van der Waals surface area (Å²) < 4.78 is 0. The number of unbranched alkanes of at least 4 members (excludes halogenated alkanes) is 1. The van der Waals surface area contributed by atoms with Crippen LogP contribution in [0.15, 0.2) is 24.4 Å². The van der Waals surface area contributed by atoms with Crippen LogP contribution in [0.3, 0.4) is 0 Å². The van der Waals surface area contributed by atoms with Gasteiger partial charge in [-0.25, -0.2) is 0 Å². The van der Waals surface area contributed by atoms with Crippen molar-refractivity contribution in [1.82, 2.24) is 5.32 Å². The summed E-state index contributed by atoms with van der Waals surface area (Å²) >= 11 is 0. The molecule has 1 unspecified atom stereocenters. The molecule has 1 heteroatoms. The molecule has 0 aromatic rings. The average Bonchev–Trinajstić information content (AvgIpc) is 2.19. The van der Waals surface area contributed by atoms with E-state index in [-0.39, 0.29) is 0 Å². The number of allylic oxidation sites excluding steroid dienone is 2. The highest BCUT2D eigenvalue weighted by molar-refractivity contribution is 5.11. The smallest absolute Gasteiger partial charge is 0.0441 e. The largest absolute Gasteiger partial charge is 0.385 e. The van der Waals surface area contributed by atoms with Crippen molar-refractivity contribution in [3.05, 3.63) is 24.4 Å². The summed E-state index contributed by atoms with van der Waals surface area (Å²) in [5.74, 6) is 0. The zero-order valence-corrected chi connectivity index (χ0v) is 8.51. The van der Waals surface area contributed by atoms with Crippen molar-refractivity contribution in [2.45, 2.75) is 46.1 Å². The number of dihydropyridines is 1. The third-order valence-corrected chi connectivity index (χ3v) is 1.73. The standard InChI is InChI=1S/C9H15N.C2H6/c1-2-3-6-9-7-4-5-8-10-9;1-2/h4-5,7-10H,2-3,6H2,1H3;1-2H3. The van der Waals surface area contributed by atoms with Crippen LogP contribution < -0.4 is 5.32 Å². The first-order chi connectivity index (χ1) is 5.93. The Balaban J connectivity index is 0.000000561. The van der Waals surface area contributed by atoms with Gasteiger partial charge >= 0.3 is 0 Å². The Morgan fingerprint density at radius 3 is 2.50 bits per heavy atom. The molecule has 0 fully saturated rings. The molecule has 0 saturated heterocycles. The molecular weight excluding hydrogens is 146 g/mol. The predicted octanol–water partition coefficient (Wildman–Crippen LogP) is 3.24. The molecule has 1 atom stereocenters. The van der Waals surface area contributed by atoms with Crippen molar-refractivity contribution in [3.63, 3.8) is 0 Å². The lowest BCUT2D eigenvalue weighted by Crippen LogP contribution is -2.22. The molecule has 1 aliphatic heterocycles. The molecule has 1 aliphatic rings. The maximum atomic E-state index is 3.29. The molecular formula is C11H21N. The van der Waals surface area contributed by atoms with E-state index in [0.29, 0.717) is 6.04 Å². The lowest BCUT2D eigenvalue weighted by molar-refractivity contribution is 0.593. The van der Waals surface area contributed by atoms with Crippen LogP contribution in [0.1, 0.15) is 40.0 Å². The third-order valence-electron chi connectivity index (χ3n) is 1.73. The van der Waals surface area contributed by atoms with E-state index in [1.807, 2.05) is 26.1 Å². The quantitative estimate of drug-likeness (QED) is 0.680. The Morgan fingerprint density at radius 1 is 1.25 bits per heavy atom. The Morgan fingerprint density at radius 2 is 2.00 bits per heavy atom. The second-order valence-corrected chi connectivity index (χ2v) is 2.66. The van der Waals surface area contributed by atoms with Gasteiger partial charge in [0.15, 0.2) is 0 Å². The number of hydrogen-bond donors (Lipinski definition) is 1. The SMILES string of the molecule is CC.CCCCC1C=CC=CN1. The van der Waals surface area contributed by atoms with Crippen molar-refractivity contribution in [2.75, 3.05) is 0 Å². The van der Waals surface area contributed by atoms with E-state index in [1.165, 1.54) is 19.3 Å². The van der Waals surface area contributed by atoms with Gasteiger partial charge in [-0.3, -0.25) is 0 Å². The van der Waals surface area contributed by atoms with Gasteiger partial charge in [0.25, 0.3) is 0 Å². The molecule has 1 nitrogen and oxygen atoms in total. The van der Waals surface area contributed by atoms with Gasteiger partial charge in [0, 0.05) is 6.04 Å².